The second-order valence-electron chi connectivity index (χ2n) is 13.6. The number of carbonyl (C=O) groups is 4. The van der Waals surface area contributed by atoms with Crippen LogP contribution in [-0.2, 0) is 32.0 Å². The van der Waals surface area contributed by atoms with Gasteiger partial charge in [0.25, 0.3) is 0 Å². The van der Waals surface area contributed by atoms with E-state index in [4.69, 9.17) is 11.5 Å². The Balaban J connectivity index is 1.34. The number of rotatable bonds is 13. The number of hydrogen-bond donors (Lipinski definition) is 7. The van der Waals surface area contributed by atoms with Crippen molar-refractivity contribution in [1.29, 1.82) is 0 Å². The van der Waals surface area contributed by atoms with Crippen molar-refractivity contribution >= 4 is 34.5 Å². The van der Waals surface area contributed by atoms with Crippen LogP contribution in [0.3, 0.4) is 0 Å². The molecule has 9 N–H and O–H groups in total. The number of fused-ring (bicyclic) bond motifs is 1. The average molecular weight is 681 g/mol. The van der Waals surface area contributed by atoms with Crippen molar-refractivity contribution in [3.05, 3.63) is 101 Å². The van der Waals surface area contributed by atoms with Crippen LogP contribution < -0.4 is 27.4 Å². The van der Waals surface area contributed by atoms with E-state index in [-0.39, 0.29) is 30.4 Å². The minimum absolute atomic E-state index is 0.158. The number of H-pyrrole nitrogens is 1. The van der Waals surface area contributed by atoms with Crippen molar-refractivity contribution < 1.29 is 24.3 Å². The van der Waals surface area contributed by atoms with Gasteiger partial charge in [-0.05, 0) is 79.1 Å². The molecule has 6 atom stereocenters. The standard InChI is InChI=1S/C39H48N6O5/c1-22-17-27(46)18-23(2)30(22)20-31(40)38(49)43-33-16-10-8-14-29(33)37(48)44-34(19-26-21-42-32-15-9-7-13-28(26)32)39(50)45-35(36(41)47)24(3)25-11-5-4-6-12-25/h4-7,9,11-13,15,17-18,21,24,29,31,33-35,42,46H,8,10,14,16,19-20,40H2,1-3H3,(H2,41,47)(H,43,49)(H,44,48)(H,45,50)/t24-,29+,31+,33-,34+,35-/m1/s1. The molecule has 5 rings (SSSR count). The molecule has 1 aliphatic carbocycles. The highest BCUT2D eigenvalue weighted by atomic mass is 16.3. The smallest absolute Gasteiger partial charge is 0.243 e. The van der Waals surface area contributed by atoms with Crippen LogP contribution in [0.5, 0.6) is 5.75 Å². The molecular weight excluding hydrogens is 632 g/mol. The number of amides is 4. The lowest BCUT2D eigenvalue weighted by Gasteiger charge is -2.33. The van der Waals surface area contributed by atoms with E-state index in [9.17, 15) is 24.3 Å². The van der Waals surface area contributed by atoms with Crippen LogP contribution in [0.4, 0.5) is 0 Å². The van der Waals surface area contributed by atoms with E-state index in [1.54, 1.807) is 12.1 Å². The van der Waals surface area contributed by atoms with Gasteiger partial charge in [-0.1, -0.05) is 68.3 Å². The van der Waals surface area contributed by atoms with Crippen LogP contribution >= 0.6 is 0 Å². The van der Waals surface area contributed by atoms with Crippen LogP contribution in [0.2, 0.25) is 0 Å². The Bertz CT molecular complexity index is 1820. The predicted octanol–water partition coefficient (Wildman–Crippen LogP) is 3.54. The quantitative estimate of drug-likeness (QED) is 0.113. The maximum Gasteiger partial charge on any atom is 0.243 e. The fourth-order valence-corrected chi connectivity index (χ4v) is 7.17. The van der Waals surface area contributed by atoms with Crippen LogP contribution in [-0.4, -0.2) is 57.9 Å². The molecule has 1 heterocycles. The number of aromatic amines is 1. The maximum absolute atomic E-state index is 14.1. The summed E-state index contributed by atoms with van der Waals surface area (Å²) in [5, 5.41) is 19.7. The van der Waals surface area contributed by atoms with Gasteiger partial charge in [0, 0.05) is 35.5 Å². The van der Waals surface area contributed by atoms with Gasteiger partial charge in [-0.3, -0.25) is 19.2 Å². The molecule has 0 spiro atoms. The zero-order chi connectivity index (χ0) is 35.9. The van der Waals surface area contributed by atoms with Crippen molar-refractivity contribution in [2.24, 2.45) is 17.4 Å². The first-order chi connectivity index (χ1) is 23.9. The minimum atomic E-state index is -1.03. The number of nitrogens with two attached hydrogens (primary N) is 2. The lowest BCUT2D eigenvalue weighted by molar-refractivity contribution is -0.134. The molecule has 0 bridgehead atoms. The summed E-state index contributed by atoms with van der Waals surface area (Å²) in [5.74, 6) is -2.80. The lowest BCUT2D eigenvalue weighted by atomic mass is 9.83. The monoisotopic (exact) mass is 680 g/mol. The van der Waals surface area contributed by atoms with Crippen molar-refractivity contribution in [3.8, 4) is 5.75 Å². The first kappa shape index (κ1) is 36.1. The predicted molar refractivity (Wildman–Crippen MR) is 193 cm³/mol. The third kappa shape index (κ3) is 8.52. The number of para-hydroxylation sites is 1. The molecule has 0 radical (unpaired) electrons. The zero-order valence-corrected chi connectivity index (χ0v) is 28.9. The molecule has 11 heteroatoms. The Hall–Kier alpha value is -5.16. The van der Waals surface area contributed by atoms with E-state index in [2.05, 4.69) is 20.9 Å². The summed E-state index contributed by atoms with van der Waals surface area (Å²) in [6.07, 6.45) is 4.99. The second kappa shape index (κ2) is 16.0. The molecule has 0 aliphatic heterocycles. The highest BCUT2D eigenvalue weighted by Gasteiger charge is 2.36. The Morgan fingerprint density at radius 2 is 1.56 bits per heavy atom. The number of aryl methyl sites for hydroxylation is 2. The minimum Gasteiger partial charge on any atom is -0.508 e. The summed E-state index contributed by atoms with van der Waals surface area (Å²) in [6.45, 7) is 5.55. The van der Waals surface area contributed by atoms with E-state index in [1.807, 2.05) is 81.6 Å². The molecule has 1 saturated carbocycles. The highest BCUT2D eigenvalue weighted by molar-refractivity contribution is 5.94. The molecular formula is C39H48N6O5. The molecule has 3 aromatic carbocycles. The van der Waals surface area contributed by atoms with Gasteiger partial charge in [-0.25, -0.2) is 0 Å². The van der Waals surface area contributed by atoms with Gasteiger partial charge in [0.15, 0.2) is 0 Å². The third-order valence-corrected chi connectivity index (χ3v) is 10.0. The number of aromatic nitrogens is 1. The summed E-state index contributed by atoms with van der Waals surface area (Å²) >= 11 is 0. The van der Waals surface area contributed by atoms with E-state index < -0.39 is 47.8 Å². The summed E-state index contributed by atoms with van der Waals surface area (Å²) in [7, 11) is 0. The molecule has 11 nitrogen and oxygen atoms in total. The topological polar surface area (TPSA) is 192 Å². The number of benzene rings is 3. The van der Waals surface area contributed by atoms with E-state index in [1.165, 1.54) is 0 Å². The molecule has 4 amide bonds. The summed E-state index contributed by atoms with van der Waals surface area (Å²) in [5.41, 5.74) is 17.3. The summed E-state index contributed by atoms with van der Waals surface area (Å²) < 4.78 is 0. The van der Waals surface area contributed by atoms with Crippen molar-refractivity contribution in [2.75, 3.05) is 0 Å². The second-order valence-corrected chi connectivity index (χ2v) is 13.6. The fourth-order valence-electron chi connectivity index (χ4n) is 7.17. The maximum atomic E-state index is 14.1. The number of phenolic OH excluding ortho intramolecular Hbond substituents is 1. The van der Waals surface area contributed by atoms with Gasteiger partial charge in [-0.2, -0.15) is 0 Å². The Kier molecular flexibility index (Phi) is 11.6. The largest absolute Gasteiger partial charge is 0.508 e. The number of carbonyl (C=O) groups excluding carboxylic acids is 4. The molecule has 1 fully saturated rings. The van der Waals surface area contributed by atoms with E-state index in [0.717, 1.165) is 51.6 Å². The van der Waals surface area contributed by atoms with Crippen LogP contribution in [0.1, 0.15) is 66.3 Å². The lowest BCUT2D eigenvalue weighted by Crippen LogP contribution is -2.58. The molecule has 0 unspecified atom stereocenters. The first-order valence-corrected chi connectivity index (χ1v) is 17.3. The van der Waals surface area contributed by atoms with Crippen LogP contribution in [0.25, 0.3) is 10.9 Å². The Labute approximate surface area is 292 Å². The van der Waals surface area contributed by atoms with Gasteiger partial charge in [-0.15, -0.1) is 0 Å². The summed E-state index contributed by atoms with van der Waals surface area (Å²) in [6, 6.07) is 16.9. The number of aromatic hydroxyl groups is 1. The SMILES string of the molecule is Cc1cc(O)cc(C)c1C[C@H](N)C(=O)N[C@@H]1CCCC[C@@H]1C(=O)N[C@@H](Cc1c[nH]c2ccccc12)C(=O)N[C@@H](C(N)=O)[C@H](C)c1ccccc1. The summed E-state index contributed by atoms with van der Waals surface area (Å²) in [4.78, 5) is 57.3. The molecule has 1 aromatic heterocycles. The van der Waals surface area contributed by atoms with Gasteiger partial charge in [0.05, 0.1) is 12.0 Å². The van der Waals surface area contributed by atoms with Gasteiger partial charge in [0.2, 0.25) is 23.6 Å². The number of phenols is 1. The van der Waals surface area contributed by atoms with Gasteiger partial charge < -0.3 is 37.5 Å². The highest BCUT2D eigenvalue weighted by Crippen LogP contribution is 2.27. The first-order valence-electron chi connectivity index (χ1n) is 17.3. The van der Waals surface area contributed by atoms with E-state index >= 15 is 0 Å². The van der Waals surface area contributed by atoms with Crippen molar-refractivity contribution in [2.45, 2.75) is 89.4 Å². The average Bonchev–Trinajstić information content (AvgIpc) is 3.51. The zero-order valence-electron chi connectivity index (χ0n) is 28.9. The van der Waals surface area contributed by atoms with Crippen molar-refractivity contribution in [3.63, 3.8) is 0 Å². The molecule has 0 saturated heterocycles. The number of primary amides is 1. The molecule has 1 aliphatic rings. The van der Waals surface area contributed by atoms with Gasteiger partial charge >= 0.3 is 0 Å². The molecule has 50 heavy (non-hydrogen) atoms. The van der Waals surface area contributed by atoms with Crippen LogP contribution in [0, 0.1) is 19.8 Å². The van der Waals surface area contributed by atoms with Crippen molar-refractivity contribution in [1.82, 2.24) is 20.9 Å². The number of nitrogens with one attached hydrogen (secondary N) is 4. The third-order valence-electron chi connectivity index (χ3n) is 10.0. The Morgan fingerprint density at radius 1 is 0.900 bits per heavy atom. The molecule has 4 aromatic rings. The normalized spacial score (nSPS) is 18.4. The number of hydrogen-bond acceptors (Lipinski definition) is 6. The van der Waals surface area contributed by atoms with E-state index in [0.29, 0.717) is 12.8 Å². The van der Waals surface area contributed by atoms with Gasteiger partial charge in [0.1, 0.15) is 17.8 Å². The molecule has 264 valence electrons. The Morgan fingerprint density at radius 3 is 2.26 bits per heavy atom. The fraction of sp³-hybridized carbons (Fsp3) is 0.385. The van der Waals surface area contributed by atoms with Crippen LogP contribution in [0.15, 0.2) is 72.9 Å².